The first-order chi connectivity index (χ1) is 10.4. The number of nitrogens with zero attached hydrogens (tertiary/aromatic N) is 1. The summed E-state index contributed by atoms with van der Waals surface area (Å²) >= 11 is 0. The molecule has 2 nitrogen and oxygen atoms in total. The number of fused-ring (bicyclic) bond motifs is 3. The smallest absolute Gasteiger partial charge is 0.129 e. The molecule has 0 saturated heterocycles. The van der Waals surface area contributed by atoms with Crippen LogP contribution >= 0.6 is 7.95 Å². The first kappa shape index (κ1) is 12.3. The average Bonchev–Trinajstić information content (AvgIpc) is 2.90. The van der Waals surface area contributed by atoms with Gasteiger partial charge >= 0.3 is 7.95 Å². The lowest BCUT2D eigenvalue weighted by Gasteiger charge is -1.94. The van der Waals surface area contributed by atoms with E-state index in [4.69, 9.17) is 0 Å². The molecule has 0 aliphatic carbocycles. The SMILES string of the molecule is O=[P+](c1ccccc1)n1c2ccccc2c2ccccc21. The molecule has 1 heterocycles. The van der Waals surface area contributed by atoms with Crippen molar-refractivity contribution < 1.29 is 4.57 Å². The van der Waals surface area contributed by atoms with Crippen LogP contribution in [0, 0.1) is 0 Å². The van der Waals surface area contributed by atoms with E-state index in [1.807, 2.05) is 71.1 Å². The van der Waals surface area contributed by atoms with Crippen molar-refractivity contribution in [2.45, 2.75) is 0 Å². The quantitative estimate of drug-likeness (QED) is 0.490. The molecule has 4 aromatic rings. The van der Waals surface area contributed by atoms with Crippen LogP contribution in [0.25, 0.3) is 21.8 Å². The Kier molecular flexibility index (Phi) is 2.83. The fourth-order valence-electron chi connectivity index (χ4n) is 2.77. The highest BCUT2D eigenvalue weighted by Gasteiger charge is 2.27. The van der Waals surface area contributed by atoms with E-state index < -0.39 is 7.95 Å². The van der Waals surface area contributed by atoms with Gasteiger partial charge in [-0.2, -0.15) is 0 Å². The third-order valence-electron chi connectivity index (χ3n) is 3.71. The predicted molar refractivity (Wildman–Crippen MR) is 88.5 cm³/mol. The van der Waals surface area contributed by atoms with E-state index in [1.165, 1.54) is 0 Å². The lowest BCUT2D eigenvalue weighted by molar-refractivity contribution is 0.590. The van der Waals surface area contributed by atoms with Crippen LogP contribution in [0.1, 0.15) is 0 Å². The fraction of sp³-hybridized carbons (Fsp3) is 0. The van der Waals surface area contributed by atoms with E-state index in [0.717, 1.165) is 27.1 Å². The Hall–Kier alpha value is -2.44. The second-order valence-corrected chi connectivity index (χ2v) is 6.42. The highest BCUT2D eigenvalue weighted by atomic mass is 31.1. The molecule has 3 aromatic carbocycles. The summed E-state index contributed by atoms with van der Waals surface area (Å²) in [5.74, 6) is 0. The van der Waals surface area contributed by atoms with Crippen molar-refractivity contribution in [3.63, 3.8) is 0 Å². The Balaban J connectivity index is 2.09. The molecule has 1 unspecified atom stereocenters. The lowest BCUT2D eigenvalue weighted by atomic mass is 10.2. The normalized spacial score (nSPS) is 11.9. The maximum atomic E-state index is 13.0. The Labute approximate surface area is 123 Å². The van der Waals surface area contributed by atoms with Crippen molar-refractivity contribution in [1.82, 2.24) is 4.34 Å². The van der Waals surface area contributed by atoms with Gasteiger partial charge in [0.05, 0.1) is 11.0 Å². The molecule has 3 heteroatoms. The van der Waals surface area contributed by atoms with Gasteiger partial charge in [-0.15, -0.1) is 4.34 Å². The summed E-state index contributed by atoms with van der Waals surface area (Å²) < 4.78 is 15.0. The van der Waals surface area contributed by atoms with Gasteiger partial charge in [-0.1, -0.05) is 54.6 Å². The Morgan fingerprint density at radius 3 is 1.67 bits per heavy atom. The summed E-state index contributed by atoms with van der Waals surface area (Å²) in [5, 5.41) is 3.14. The standard InChI is InChI=1S/C18H13NOP/c20-21(14-8-2-1-3-9-14)19-17-12-6-4-10-15(17)16-11-5-7-13-18(16)19/h1-13H/q+1. The van der Waals surface area contributed by atoms with Gasteiger partial charge in [0.1, 0.15) is 0 Å². The summed E-state index contributed by atoms with van der Waals surface area (Å²) in [6.07, 6.45) is 0. The molecule has 0 N–H and O–H groups in total. The lowest BCUT2D eigenvalue weighted by Crippen LogP contribution is -2.00. The van der Waals surface area contributed by atoms with Crippen molar-refractivity contribution in [1.29, 1.82) is 0 Å². The van der Waals surface area contributed by atoms with Gasteiger partial charge in [0, 0.05) is 10.8 Å². The van der Waals surface area contributed by atoms with Gasteiger partial charge in [0.2, 0.25) is 5.30 Å². The van der Waals surface area contributed by atoms with Crippen LogP contribution in [-0.2, 0) is 4.57 Å². The molecule has 0 bridgehead atoms. The molecule has 1 atom stereocenters. The summed E-state index contributed by atoms with van der Waals surface area (Å²) in [6, 6.07) is 25.9. The molecule has 0 radical (unpaired) electrons. The average molecular weight is 290 g/mol. The summed E-state index contributed by atoms with van der Waals surface area (Å²) in [6.45, 7) is 0. The zero-order valence-corrected chi connectivity index (χ0v) is 12.2. The van der Waals surface area contributed by atoms with Crippen molar-refractivity contribution in [2.24, 2.45) is 0 Å². The monoisotopic (exact) mass is 290 g/mol. The predicted octanol–water partition coefficient (Wildman–Crippen LogP) is 4.71. The number of para-hydroxylation sites is 2. The molecule has 0 saturated carbocycles. The number of aromatic nitrogens is 1. The van der Waals surface area contributed by atoms with Crippen LogP contribution in [0.4, 0.5) is 0 Å². The number of hydrogen-bond donors (Lipinski definition) is 0. The third-order valence-corrected chi connectivity index (χ3v) is 5.25. The minimum Gasteiger partial charge on any atom is -0.129 e. The van der Waals surface area contributed by atoms with Crippen LogP contribution in [0.15, 0.2) is 78.9 Å². The van der Waals surface area contributed by atoms with E-state index in [1.54, 1.807) is 0 Å². The molecule has 1 aromatic heterocycles. The summed E-state index contributed by atoms with van der Waals surface area (Å²) in [4.78, 5) is 0. The van der Waals surface area contributed by atoms with E-state index in [9.17, 15) is 4.57 Å². The topological polar surface area (TPSA) is 22.0 Å². The Bertz CT molecular complexity index is 903. The zero-order valence-electron chi connectivity index (χ0n) is 11.3. The van der Waals surface area contributed by atoms with Gasteiger partial charge in [-0.05, 0) is 28.8 Å². The highest BCUT2D eigenvalue weighted by molar-refractivity contribution is 7.52. The van der Waals surface area contributed by atoms with Crippen molar-refractivity contribution >= 4 is 35.1 Å². The van der Waals surface area contributed by atoms with E-state index in [2.05, 4.69) is 12.1 Å². The minimum absolute atomic E-state index is 0.846. The van der Waals surface area contributed by atoms with Crippen LogP contribution in [-0.4, -0.2) is 4.34 Å². The molecular weight excluding hydrogens is 277 g/mol. The molecule has 0 spiro atoms. The first-order valence-corrected chi connectivity index (χ1v) is 8.08. The Morgan fingerprint density at radius 2 is 1.10 bits per heavy atom. The van der Waals surface area contributed by atoms with E-state index in [-0.39, 0.29) is 0 Å². The maximum absolute atomic E-state index is 13.0. The van der Waals surface area contributed by atoms with Gasteiger partial charge in [0.15, 0.2) is 0 Å². The largest absolute Gasteiger partial charge is 0.506 e. The second kappa shape index (κ2) is 4.83. The van der Waals surface area contributed by atoms with Gasteiger partial charge in [-0.25, -0.2) is 0 Å². The number of rotatable bonds is 2. The first-order valence-electron chi connectivity index (χ1n) is 6.87. The molecule has 100 valence electrons. The molecule has 0 aliphatic heterocycles. The number of benzene rings is 3. The van der Waals surface area contributed by atoms with E-state index >= 15 is 0 Å². The molecular formula is C18H13NOP+. The van der Waals surface area contributed by atoms with Gasteiger partial charge < -0.3 is 0 Å². The van der Waals surface area contributed by atoms with Crippen LogP contribution < -0.4 is 5.30 Å². The Morgan fingerprint density at radius 1 is 0.619 bits per heavy atom. The van der Waals surface area contributed by atoms with E-state index in [0.29, 0.717) is 0 Å². The van der Waals surface area contributed by atoms with Gasteiger partial charge in [0.25, 0.3) is 0 Å². The molecule has 21 heavy (non-hydrogen) atoms. The number of hydrogen-bond acceptors (Lipinski definition) is 1. The van der Waals surface area contributed by atoms with Crippen molar-refractivity contribution in [2.75, 3.05) is 0 Å². The van der Waals surface area contributed by atoms with Crippen molar-refractivity contribution in [3.05, 3.63) is 78.9 Å². The van der Waals surface area contributed by atoms with Crippen LogP contribution in [0.5, 0.6) is 0 Å². The maximum Gasteiger partial charge on any atom is 0.506 e. The molecule has 4 rings (SSSR count). The zero-order chi connectivity index (χ0) is 14.2. The summed E-state index contributed by atoms with van der Waals surface area (Å²) in [5.41, 5.74) is 2.03. The summed E-state index contributed by atoms with van der Waals surface area (Å²) in [7, 11) is -1.67. The van der Waals surface area contributed by atoms with Crippen molar-refractivity contribution in [3.8, 4) is 0 Å². The van der Waals surface area contributed by atoms with Gasteiger partial charge in [-0.3, -0.25) is 0 Å². The molecule has 0 amide bonds. The molecule has 0 aliphatic rings. The second-order valence-electron chi connectivity index (χ2n) is 4.95. The van der Waals surface area contributed by atoms with Crippen LogP contribution in [0.2, 0.25) is 0 Å². The minimum atomic E-state index is -1.67. The fourth-order valence-corrected chi connectivity index (χ4v) is 4.17. The van der Waals surface area contributed by atoms with Crippen LogP contribution in [0.3, 0.4) is 0 Å². The third kappa shape index (κ3) is 1.88. The molecule has 0 fully saturated rings. The highest BCUT2D eigenvalue weighted by Crippen LogP contribution is 2.37.